The third-order valence-corrected chi connectivity index (χ3v) is 4.68. The van der Waals surface area contributed by atoms with Crippen LogP contribution in [-0.2, 0) is 22.4 Å². The Hall–Kier alpha value is -3.28. The van der Waals surface area contributed by atoms with Crippen molar-refractivity contribution in [2.75, 3.05) is 0 Å². The van der Waals surface area contributed by atoms with Gasteiger partial charge in [0, 0.05) is 25.3 Å². The quantitative estimate of drug-likeness (QED) is 0.270. The highest BCUT2D eigenvalue weighted by atomic mass is 16.2. The van der Waals surface area contributed by atoms with Gasteiger partial charge in [-0.25, -0.2) is 10.9 Å². The Bertz CT molecular complexity index is 750. The maximum Gasteiger partial charge on any atom is 0.240 e. The number of hydrogen-bond donors (Lipinski definition) is 2. The molecule has 2 amide bonds. The lowest BCUT2D eigenvalue weighted by atomic mass is 10.1. The predicted octanol–water partition coefficient (Wildman–Crippen LogP) is 4.41. The van der Waals surface area contributed by atoms with E-state index in [0.29, 0.717) is 12.8 Å². The SMILES string of the molecule is O=C(CCCCCC(=O)NN=CCCc1ccccc1)NN=CCCc1ccccc1. The van der Waals surface area contributed by atoms with Gasteiger partial charge >= 0.3 is 0 Å². The molecule has 0 saturated carbocycles. The molecule has 0 aliphatic rings. The van der Waals surface area contributed by atoms with Gasteiger partial charge in [0.15, 0.2) is 0 Å². The van der Waals surface area contributed by atoms with Gasteiger partial charge in [0.25, 0.3) is 0 Å². The van der Waals surface area contributed by atoms with E-state index in [1.165, 1.54) is 11.1 Å². The van der Waals surface area contributed by atoms with E-state index in [4.69, 9.17) is 0 Å². The third kappa shape index (κ3) is 12.1. The van der Waals surface area contributed by atoms with E-state index in [1.54, 1.807) is 12.4 Å². The standard InChI is InChI=1S/C25H32N4O2/c30-24(28-26-20-10-16-22-12-4-1-5-13-22)18-8-3-9-19-25(31)29-27-21-11-17-23-14-6-2-7-15-23/h1-2,4-7,12-15,20-21H,3,8-11,16-19H2,(H,28,30)(H,29,31). The third-order valence-electron chi connectivity index (χ3n) is 4.68. The molecule has 0 radical (unpaired) electrons. The first kappa shape index (κ1) is 24.0. The number of benzene rings is 2. The van der Waals surface area contributed by atoms with E-state index >= 15 is 0 Å². The fourth-order valence-corrected chi connectivity index (χ4v) is 2.98. The molecular weight excluding hydrogens is 388 g/mol. The molecule has 0 unspecified atom stereocenters. The minimum absolute atomic E-state index is 0.0940. The van der Waals surface area contributed by atoms with Gasteiger partial charge < -0.3 is 0 Å². The second-order valence-electron chi connectivity index (χ2n) is 7.30. The number of carbonyl (C=O) groups excluding carboxylic acids is 2. The van der Waals surface area contributed by atoms with Crippen LogP contribution in [0.3, 0.4) is 0 Å². The largest absolute Gasteiger partial charge is 0.273 e. The maximum atomic E-state index is 11.8. The predicted molar refractivity (Wildman–Crippen MR) is 126 cm³/mol. The monoisotopic (exact) mass is 420 g/mol. The number of nitrogens with one attached hydrogen (secondary N) is 2. The minimum Gasteiger partial charge on any atom is -0.273 e. The van der Waals surface area contributed by atoms with Crippen LogP contribution < -0.4 is 10.9 Å². The van der Waals surface area contributed by atoms with Crippen molar-refractivity contribution in [2.24, 2.45) is 10.2 Å². The molecule has 6 heteroatoms. The van der Waals surface area contributed by atoms with Gasteiger partial charge in [-0.1, -0.05) is 67.1 Å². The molecule has 2 aromatic rings. The Kier molecular flexibility index (Phi) is 12.0. The number of nitrogens with zero attached hydrogens (tertiary/aromatic N) is 2. The van der Waals surface area contributed by atoms with Gasteiger partial charge in [-0.05, 0) is 49.7 Å². The average Bonchev–Trinajstić information content (AvgIpc) is 2.80. The van der Waals surface area contributed by atoms with Crippen LogP contribution >= 0.6 is 0 Å². The van der Waals surface area contributed by atoms with Crippen molar-refractivity contribution in [3.8, 4) is 0 Å². The maximum absolute atomic E-state index is 11.8. The lowest BCUT2D eigenvalue weighted by Crippen LogP contribution is -2.18. The summed E-state index contributed by atoms with van der Waals surface area (Å²) in [5.74, 6) is -0.188. The zero-order chi connectivity index (χ0) is 22.0. The molecule has 2 rings (SSSR count). The summed E-state index contributed by atoms with van der Waals surface area (Å²) < 4.78 is 0. The summed E-state index contributed by atoms with van der Waals surface area (Å²) in [4.78, 5) is 23.5. The van der Waals surface area contributed by atoms with Crippen molar-refractivity contribution in [2.45, 2.75) is 57.8 Å². The van der Waals surface area contributed by atoms with Crippen LogP contribution in [-0.4, -0.2) is 24.2 Å². The number of aryl methyl sites for hydroxylation is 2. The highest BCUT2D eigenvalue weighted by molar-refractivity contribution is 5.77. The molecule has 164 valence electrons. The second-order valence-corrected chi connectivity index (χ2v) is 7.30. The molecule has 0 spiro atoms. The van der Waals surface area contributed by atoms with Crippen molar-refractivity contribution in [3.05, 3.63) is 71.8 Å². The van der Waals surface area contributed by atoms with Crippen molar-refractivity contribution in [1.82, 2.24) is 10.9 Å². The molecule has 6 nitrogen and oxygen atoms in total. The number of rotatable bonds is 14. The lowest BCUT2D eigenvalue weighted by molar-refractivity contribution is -0.121. The Labute approximate surface area is 184 Å². The zero-order valence-electron chi connectivity index (χ0n) is 18.0. The second kappa shape index (κ2) is 15.5. The van der Waals surface area contributed by atoms with Crippen molar-refractivity contribution in [1.29, 1.82) is 0 Å². The fourth-order valence-electron chi connectivity index (χ4n) is 2.98. The number of carbonyl (C=O) groups is 2. The highest BCUT2D eigenvalue weighted by Gasteiger charge is 2.02. The molecule has 0 saturated heterocycles. The summed E-state index contributed by atoms with van der Waals surface area (Å²) in [6.07, 6.45) is 9.95. The van der Waals surface area contributed by atoms with Gasteiger partial charge in [-0.2, -0.15) is 10.2 Å². The fraction of sp³-hybridized carbons (Fsp3) is 0.360. The van der Waals surface area contributed by atoms with E-state index in [0.717, 1.165) is 44.9 Å². The van der Waals surface area contributed by atoms with Gasteiger partial charge in [0.05, 0.1) is 0 Å². The van der Waals surface area contributed by atoms with E-state index < -0.39 is 0 Å². The molecular formula is C25H32N4O2. The molecule has 0 fully saturated rings. The minimum atomic E-state index is -0.0940. The molecule has 0 bridgehead atoms. The Morgan fingerprint density at radius 1 is 0.645 bits per heavy atom. The average molecular weight is 421 g/mol. The van der Waals surface area contributed by atoms with E-state index in [-0.39, 0.29) is 11.8 Å². The molecule has 0 heterocycles. The molecule has 0 aliphatic heterocycles. The zero-order valence-corrected chi connectivity index (χ0v) is 18.0. The van der Waals surface area contributed by atoms with Gasteiger partial charge in [0.2, 0.25) is 11.8 Å². The summed E-state index contributed by atoms with van der Waals surface area (Å²) in [6, 6.07) is 20.3. The van der Waals surface area contributed by atoms with Gasteiger partial charge in [-0.3, -0.25) is 9.59 Å². The van der Waals surface area contributed by atoms with Crippen LogP contribution in [0.4, 0.5) is 0 Å². The Morgan fingerprint density at radius 2 is 1.06 bits per heavy atom. The van der Waals surface area contributed by atoms with Crippen molar-refractivity contribution >= 4 is 24.2 Å². The molecule has 2 N–H and O–H groups in total. The van der Waals surface area contributed by atoms with Gasteiger partial charge in [0.1, 0.15) is 0 Å². The van der Waals surface area contributed by atoms with Crippen LogP contribution in [0.25, 0.3) is 0 Å². The number of hydrogen-bond acceptors (Lipinski definition) is 4. The topological polar surface area (TPSA) is 82.9 Å². The Morgan fingerprint density at radius 3 is 1.48 bits per heavy atom. The van der Waals surface area contributed by atoms with E-state index in [1.807, 2.05) is 36.4 Å². The molecule has 0 aliphatic carbocycles. The first-order valence-electron chi connectivity index (χ1n) is 10.9. The van der Waals surface area contributed by atoms with Crippen molar-refractivity contribution < 1.29 is 9.59 Å². The summed E-state index contributed by atoms with van der Waals surface area (Å²) >= 11 is 0. The van der Waals surface area contributed by atoms with E-state index in [9.17, 15) is 9.59 Å². The van der Waals surface area contributed by atoms with Crippen LogP contribution in [0, 0.1) is 0 Å². The smallest absolute Gasteiger partial charge is 0.240 e. The number of amides is 2. The lowest BCUT2D eigenvalue weighted by Gasteiger charge is -2.02. The summed E-state index contributed by atoms with van der Waals surface area (Å²) in [5.41, 5.74) is 7.61. The normalized spacial score (nSPS) is 11.1. The van der Waals surface area contributed by atoms with Crippen LogP contribution in [0.15, 0.2) is 70.9 Å². The van der Waals surface area contributed by atoms with Crippen LogP contribution in [0.2, 0.25) is 0 Å². The highest BCUT2D eigenvalue weighted by Crippen LogP contribution is 2.04. The first-order chi connectivity index (χ1) is 15.2. The Balaban J connectivity index is 1.42. The van der Waals surface area contributed by atoms with E-state index in [2.05, 4.69) is 45.3 Å². The van der Waals surface area contributed by atoms with Crippen molar-refractivity contribution in [3.63, 3.8) is 0 Å². The summed E-state index contributed by atoms with van der Waals surface area (Å²) in [5, 5.41) is 7.95. The summed E-state index contributed by atoms with van der Waals surface area (Å²) in [6.45, 7) is 0. The van der Waals surface area contributed by atoms with Crippen LogP contribution in [0.1, 0.15) is 56.1 Å². The first-order valence-corrected chi connectivity index (χ1v) is 10.9. The molecule has 2 aromatic carbocycles. The molecule has 0 aromatic heterocycles. The number of hydrazone groups is 2. The van der Waals surface area contributed by atoms with Gasteiger partial charge in [-0.15, -0.1) is 0 Å². The van der Waals surface area contributed by atoms with Crippen LogP contribution in [0.5, 0.6) is 0 Å². The molecule has 0 atom stereocenters. The molecule has 31 heavy (non-hydrogen) atoms. The number of unbranched alkanes of at least 4 members (excludes halogenated alkanes) is 2. The summed E-state index contributed by atoms with van der Waals surface area (Å²) in [7, 11) is 0.